The van der Waals surface area contributed by atoms with Crippen LogP contribution in [0.4, 0.5) is 0 Å². The summed E-state index contributed by atoms with van der Waals surface area (Å²) in [7, 11) is 3.39. The van der Waals surface area contributed by atoms with E-state index in [1.807, 2.05) is 29.8 Å². The number of para-hydroxylation sites is 1. The quantitative estimate of drug-likeness (QED) is 0.414. The van der Waals surface area contributed by atoms with Crippen LogP contribution in [-0.2, 0) is 11.8 Å². The van der Waals surface area contributed by atoms with Crippen LogP contribution in [0.1, 0.15) is 6.92 Å². The molecule has 112 valence electrons. The molecule has 0 unspecified atom stereocenters. The third kappa shape index (κ3) is 2.11. The molecule has 0 saturated carbocycles. The lowest BCUT2D eigenvalue weighted by molar-refractivity contribution is -0.131. The highest BCUT2D eigenvalue weighted by molar-refractivity contribution is 5.98. The summed E-state index contributed by atoms with van der Waals surface area (Å²) in [6, 6.07) is 10.6. The van der Waals surface area contributed by atoms with Gasteiger partial charge in [0.15, 0.2) is 0 Å². The van der Waals surface area contributed by atoms with Crippen LogP contribution in [0.2, 0.25) is 0 Å². The normalized spacial score (nSPS) is 10.9. The van der Waals surface area contributed by atoms with Crippen LogP contribution in [0.25, 0.3) is 21.8 Å². The van der Waals surface area contributed by atoms with Crippen LogP contribution in [0, 0.1) is 0 Å². The van der Waals surface area contributed by atoms with Crippen molar-refractivity contribution in [1.29, 1.82) is 0 Å². The summed E-state index contributed by atoms with van der Waals surface area (Å²) in [6.45, 7) is 1.30. The lowest BCUT2D eigenvalue weighted by Gasteiger charge is -2.14. The van der Waals surface area contributed by atoms with E-state index >= 15 is 0 Å². The van der Waals surface area contributed by atoms with E-state index in [9.17, 15) is 9.59 Å². The summed E-state index contributed by atoms with van der Waals surface area (Å²) in [5.41, 5.74) is 1.30. The maximum absolute atomic E-state index is 12.8. The van der Waals surface area contributed by atoms with Gasteiger partial charge in [0.1, 0.15) is 11.5 Å². The Hall–Kier alpha value is -2.82. The smallest absolute Gasteiger partial charge is 0.308 e. The van der Waals surface area contributed by atoms with E-state index in [-0.39, 0.29) is 11.2 Å². The number of carbonyl (C=O) groups excluding carboxylic acids is 1. The topological polar surface area (TPSA) is 57.5 Å². The van der Waals surface area contributed by atoms with Crippen molar-refractivity contribution in [3.05, 3.63) is 46.6 Å². The van der Waals surface area contributed by atoms with Crippen LogP contribution >= 0.6 is 0 Å². The first kappa shape index (κ1) is 14.1. The lowest BCUT2D eigenvalue weighted by atomic mass is 10.1. The van der Waals surface area contributed by atoms with Gasteiger partial charge in [-0.25, -0.2) is 0 Å². The predicted molar refractivity (Wildman–Crippen MR) is 84.6 cm³/mol. The predicted octanol–water partition coefficient (Wildman–Crippen LogP) is 2.63. The molecule has 5 heteroatoms. The summed E-state index contributed by atoms with van der Waals surface area (Å²) in [5, 5.41) is 0.952. The van der Waals surface area contributed by atoms with Crippen LogP contribution in [0.5, 0.6) is 11.5 Å². The van der Waals surface area contributed by atoms with Gasteiger partial charge in [-0.15, -0.1) is 0 Å². The second kappa shape index (κ2) is 5.18. The molecular weight excluding hydrogens is 282 g/mol. The second-order valence-electron chi connectivity index (χ2n) is 5.02. The Morgan fingerprint density at radius 2 is 1.86 bits per heavy atom. The molecule has 0 saturated heterocycles. The van der Waals surface area contributed by atoms with E-state index in [1.54, 1.807) is 18.2 Å². The number of ether oxygens (including phenoxy) is 2. The Morgan fingerprint density at radius 1 is 1.14 bits per heavy atom. The van der Waals surface area contributed by atoms with Crippen molar-refractivity contribution in [3.63, 3.8) is 0 Å². The van der Waals surface area contributed by atoms with E-state index in [2.05, 4.69) is 0 Å². The molecule has 0 aliphatic carbocycles. The first-order valence-electron chi connectivity index (χ1n) is 6.81. The first-order chi connectivity index (χ1) is 10.5. The minimum Gasteiger partial charge on any atom is -0.497 e. The van der Waals surface area contributed by atoms with Crippen LogP contribution in [-0.4, -0.2) is 17.6 Å². The molecule has 3 aromatic rings. The van der Waals surface area contributed by atoms with Crippen LogP contribution in [0.3, 0.4) is 0 Å². The molecule has 3 rings (SSSR count). The fourth-order valence-corrected chi connectivity index (χ4v) is 2.64. The molecule has 22 heavy (non-hydrogen) atoms. The van der Waals surface area contributed by atoms with Gasteiger partial charge in [0, 0.05) is 31.5 Å². The van der Waals surface area contributed by atoms with Crippen LogP contribution in [0.15, 0.2) is 41.2 Å². The fourth-order valence-electron chi connectivity index (χ4n) is 2.64. The van der Waals surface area contributed by atoms with E-state index in [0.29, 0.717) is 22.0 Å². The molecule has 1 aromatic heterocycles. The number of nitrogens with zero attached hydrogens (tertiary/aromatic N) is 1. The summed E-state index contributed by atoms with van der Waals surface area (Å²) >= 11 is 0. The highest BCUT2D eigenvalue weighted by Gasteiger charge is 2.16. The molecule has 0 fully saturated rings. The number of hydrogen-bond donors (Lipinski definition) is 0. The molecule has 0 amide bonds. The average Bonchev–Trinajstić information content (AvgIpc) is 2.51. The molecule has 0 bridgehead atoms. The number of benzene rings is 2. The van der Waals surface area contributed by atoms with E-state index in [0.717, 1.165) is 5.52 Å². The number of rotatable bonds is 2. The number of hydrogen-bond acceptors (Lipinski definition) is 4. The summed E-state index contributed by atoms with van der Waals surface area (Å²) in [4.78, 5) is 24.1. The van der Waals surface area contributed by atoms with Crippen molar-refractivity contribution in [2.75, 3.05) is 7.11 Å². The van der Waals surface area contributed by atoms with Gasteiger partial charge in [-0.1, -0.05) is 12.1 Å². The number of carbonyl (C=O) groups is 1. The Kier molecular flexibility index (Phi) is 3.33. The van der Waals surface area contributed by atoms with Crippen molar-refractivity contribution >= 4 is 27.8 Å². The number of methoxy groups -OCH3 is 1. The molecule has 0 atom stereocenters. The van der Waals surface area contributed by atoms with Gasteiger partial charge in [-0.05, 0) is 12.1 Å². The highest BCUT2D eigenvalue weighted by Crippen LogP contribution is 2.31. The minimum atomic E-state index is -0.482. The van der Waals surface area contributed by atoms with Crippen molar-refractivity contribution < 1.29 is 14.3 Å². The van der Waals surface area contributed by atoms with E-state index in [1.165, 1.54) is 14.0 Å². The zero-order chi connectivity index (χ0) is 15.9. The largest absolute Gasteiger partial charge is 0.497 e. The van der Waals surface area contributed by atoms with Gasteiger partial charge in [-0.2, -0.15) is 0 Å². The zero-order valence-corrected chi connectivity index (χ0v) is 12.5. The molecule has 0 radical (unpaired) electrons. The Bertz CT molecular complexity index is 956. The molecule has 0 aliphatic heterocycles. The number of aromatic nitrogens is 1. The number of pyridine rings is 1. The number of aryl methyl sites for hydroxylation is 1. The Morgan fingerprint density at radius 3 is 2.55 bits per heavy atom. The van der Waals surface area contributed by atoms with Crippen molar-refractivity contribution in [2.45, 2.75) is 6.92 Å². The SMILES string of the molecule is COc1cc(OC(C)=O)c2c(=O)c3ccccc3n(C)c2c1. The minimum absolute atomic E-state index is 0.164. The van der Waals surface area contributed by atoms with Gasteiger partial charge >= 0.3 is 5.97 Å². The fraction of sp³-hybridized carbons (Fsp3) is 0.176. The highest BCUT2D eigenvalue weighted by atomic mass is 16.5. The van der Waals surface area contributed by atoms with E-state index in [4.69, 9.17) is 9.47 Å². The summed E-state index contributed by atoms with van der Waals surface area (Å²) in [5.74, 6) is 0.256. The Labute approximate surface area is 126 Å². The average molecular weight is 297 g/mol. The molecule has 1 heterocycles. The van der Waals surface area contributed by atoms with Gasteiger partial charge < -0.3 is 14.0 Å². The number of fused-ring (bicyclic) bond motifs is 2. The lowest BCUT2D eigenvalue weighted by Crippen LogP contribution is -2.12. The Balaban J connectivity index is 2.54. The maximum Gasteiger partial charge on any atom is 0.308 e. The van der Waals surface area contributed by atoms with Crippen molar-refractivity contribution in [2.24, 2.45) is 7.05 Å². The van der Waals surface area contributed by atoms with Gasteiger partial charge in [-0.3, -0.25) is 9.59 Å². The number of esters is 1. The molecule has 5 nitrogen and oxygen atoms in total. The standard InChI is InChI=1S/C17H15NO4/c1-10(19)22-15-9-11(21-3)8-14-16(15)17(20)12-6-4-5-7-13(12)18(14)2/h4-9H,1-3H3. The first-order valence-corrected chi connectivity index (χ1v) is 6.81. The van der Waals surface area contributed by atoms with Gasteiger partial charge in [0.05, 0.1) is 23.5 Å². The van der Waals surface area contributed by atoms with E-state index < -0.39 is 5.97 Å². The van der Waals surface area contributed by atoms with Gasteiger partial charge in [0.25, 0.3) is 0 Å². The van der Waals surface area contributed by atoms with Crippen LogP contribution < -0.4 is 14.9 Å². The molecule has 2 aromatic carbocycles. The molecule has 0 N–H and O–H groups in total. The zero-order valence-electron chi connectivity index (χ0n) is 12.5. The molecule has 0 spiro atoms. The third-order valence-corrected chi connectivity index (χ3v) is 3.64. The van der Waals surface area contributed by atoms with Gasteiger partial charge in [0.2, 0.25) is 5.43 Å². The monoisotopic (exact) mass is 297 g/mol. The van der Waals surface area contributed by atoms with Crippen molar-refractivity contribution in [3.8, 4) is 11.5 Å². The second-order valence-corrected chi connectivity index (χ2v) is 5.02. The maximum atomic E-state index is 12.8. The van der Waals surface area contributed by atoms with Crippen molar-refractivity contribution in [1.82, 2.24) is 4.57 Å². The molecular formula is C17H15NO4. The summed E-state index contributed by atoms with van der Waals surface area (Å²) in [6.07, 6.45) is 0. The summed E-state index contributed by atoms with van der Waals surface area (Å²) < 4.78 is 12.4. The third-order valence-electron chi connectivity index (χ3n) is 3.64. The molecule has 0 aliphatic rings.